The molecule has 0 amide bonds. The summed E-state index contributed by atoms with van der Waals surface area (Å²) in [4.78, 5) is 10.9. The number of ether oxygens (including phenoxy) is 2. The summed E-state index contributed by atoms with van der Waals surface area (Å²) < 4.78 is 9.73. The maximum atomic E-state index is 10.9. The van der Waals surface area contributed by atoms with E-state index in [2.05, 4.69) is 10.1 Å². The Kier molecular flexibility index (Phi) is 6.92. The van der Waals surface area contributed by atoms with Gasteiger partial charge in [0.1, 0.15) is 5.75 Å². The molecule has 106 valence electrons. The number of aliphatic hydroxyl groups excluding tert-OH is 1. The molecule has 0 aliphatic heterocycles. The summed E-state index contributed by atoms with van der Waals surface area (Å²) in [5.74, 6) is 0.225. The highest BCUT2D eigenvalue weighted by molar-refractivity contribution is 5.70. The first-order valence-electron chi connectivity index (χ1n) is 6.32. The molecule has 0 heterocycles. The van der Waals surface area contributed by atoms with Gasteiger partial charge in [-0.2, -0.15) is 0 Å². The molecule has 0 fully saturated rings. The Bertz CT molecular complexity index is 374. The summed E-state index contributed by atoms with van der Waals surface area (Å²) in [6.07, 6.45) is 0.886. The first-order valence-corrected chi connectivity index (χ1v) is 6.32. The van der Waals surface area contributed by atoms with Gasteiger partial charge in [0.2, 0.25) is 0 Å². The lowest BCUT2D eigenvalue weighted by Gasteiger charge is -2.14. The van der Waals surface area contributed by atoms with Crippen LogP contribution in [0.4, 0.5) is 0 Å². The summed E-state index contributed by atoms with van der Waals surface area (Å²) in [5, 5.41) is 12.3. The van der Waals surface area contributed by atoms with E-state index in [9.17, 15) is 4.79 Å². The van der Waals surface area contributed by atoms with E-state index in [4.69, 9.17) is 9.84 Å². The Morgan fingerprint density at radius 2 is 2.05 bits per heavy atom. The van der Waals surface area contributed by atoms with Gasteiger partial charge in [-0.3, -0.25) is 0 Å². The topological polar surface area (TPSA) is 67.8 Å². The van der Waals surface area contributed by atoms with Crippen LogP contribution in [0.2, 0.25) is 0 Å². The van der Waals surface area contributed by atoms with Gasteiger partial charge in [0, 0.05) is 12.6 Å². The van der Waals surface area contributed by atoms with E-state index < -0.39 is 5.97 Å². The number of rotatable bonds is 8. The number of benzene rings is 1. The standard InChI is InChI=1S/C14H21NO4/c1-3-12(9-16)15-8-11-4-6-13(7-5-11)19-10-14(17)18-2/h4-7,12,15-16H,3,8-10H2,1-2H3. The van der Waals surface area contributed by atoms with Crippen LogP contribution in [0.25, 0.3) is 0 Å². The molecule has 0 aliphatic rings. The van der Waals surface area contributed by atoms with Crippen molar-refractivity contribution >= 4 is 5.97 Å². The average molecular weight is 267 g/mol. The Hall–Kier alpha value is -1.59. The van der Waals surface area contributed by atoms with Crippen LogP contribution in [-0.2, 0) is 16.1 Å². The highest BCUT2D eigenvalue weighted by Crippen LogP contribution is 2.12. The fourth-order valence-corrected chi connectivity index (χ4v) is 1.50. The van der Waals surface area contributed by atoms with Crippen LogP contribution in [-0.4, -0.2) is 37.4 Å². The molecule has 2 N–H and O–H groups in total. The zero-order valence-corrected chi connectivity index (χ0v) is 11.4. The van der Waals surface area contributed by atoms with Crippen LogP contribution in [0.3, 0.4) is 0 Å². The van der Waals surface area contributed by atoms with E-state index in [1.807, 2.05) is 19.1 Å². The fourth-order valence-electron chi connectivity index (χ4n) is 1.50. The van der Waals surface area contributed by atoms with Crippen molar-refractivity contribution < 1.29 is 19.4 Å². The lowest BCUT2D eigenvalue weighted by Crippen LogP contribution is -2.31. The van der Waals surface area contributed by atoms with E-state index in [1.165, 1.54) is 7.11 Å². The third kappa shape index (κ3) is 5.72. The van der Waals surface area contributed by atoms with Gasteiger partial charge < -0.3 is 19.9 Å². The second kappa shape index (κ2) is 8.50. The molecule has 5 heteroatoms. The molecule has 0 spiro atoms. The van der Waals surface area contributed by atoms with Gasteiger partial charge in [-0.1, -0.05) is 19.1 Å². The lowest BCUT2D eigenvalue weighted by molar-refractivity contribution is -0.142. The molecule has 0 bridgehead atoms. The maximum Gasteiger partial charge on any atom is 0.343 e. The molecular formula is C14H21NO4. The van der Waals surface area contributed by atoms with Crippen LogP contribution >= 0.6 is 0 Å². The van der Waals surface area contributed by atoms with Crippen molar-refractivity contribution in [1.29, 1.82) is 0 Å². The molecule has 1 unspecified atom stereocenters. The van der Waals surface area contributed by atoms with Crippen molar-refractivity contribution in [2.75, 3.05) is 20.3 Å². The first-order chi connectivity index (χ1) is 9.19. The second-order valence-corrected chi connectivity index (χ2v) is 4.18. The fraction of sp³-hybridized carbons (Fsp3) is 0.500. The molecule has 0 aliphatic carbocycles. The normalized spacial score (nSPS) is 11.9. The van der Waals surface area contributed by atoms with Gasteiger partial charge in [-0.05, 0) is 24.1 Å². The zero-order chi connectivity index (χ0) is 14.1. The van der Waals surface area contributed by atoms with Gasteiger partial charge in [0.25, 0.3) is 0 Å². The molecule has 0 radical (unpaired) electrons. The third-order valence-electron chi connectivity index (χ3n) is 2.82. The summed E-state index contributed by atoms with van der Waals surface area (Å²) >= 11 is 0. The van der Waals surface area contributed by atoms with Crippen molar-refractivity contribution in [3.05, 3.63) is 29.8 Å². The lowest BCUT2D eigenvalue weighted by atomic mass is 10.2. The van der Waals surface area contributed by atoms with Crippen molar-refractivity contribution in [2.45, 2.75) is 25.9 Å². The van der Waals surface area contributed by atoms with Crippen LogP contribution in [0, 0.1) is 0 Å². The number of carbonyl (C=O) groups is 1. The Morgan fingerprint density at radius 1 is 1.37 bits per heavy atom. The quantitative estimate of drug-likeness (QED) is 0.690. The molecular weight excluding hydrogens is 246 g/mol. The van der Waals surface area contributed by atoms with Gasteiger partial charge >= 0.3 is 5.97 Å². The van der Waals surface area contributed by atoms with Crippen LogP contribution in [0.1, 0.15) is 18.9 Å². The highest BCUT2D eigenvalue weighted by Gasteiger charge is 2.04. The second-order valence-electron chi connectivity index (χ2n) is 4.18. The van der Waals surface area contributed by atoms with E-state index >= 15 is 0 Å². The van der Waals surface area contributed by atoms with Gasteiger partial charge in [0.05, 0.1) is 13.7 Å². The molecule has 19 heavy (non-hydrogen) atoms. The van der Waals surface area contributed by atoms with E-state index in [0.29, 0.717) is 12.3 Å². The highest BCUT2D eigenvalue weighted by atomic mass is 16.6. The van der Waals surface area contributed by atoms with Gasteiger partial charge in [-0.25, -0.2) is 4.79 Å². The Morgan fingerprint density at radius 3 is 2.58 bits per heavy atom. The van der Waals surface area contributed by atoms with E-state index in [1.54, 1.807) is 12.1 Å². The predicted molar refractivity (Wildman–Crippen MR) is 72.0 cm³/mol. The minimum atomic E-state index is -0.403. The van der Waals surface area contributed by atoms with Crippen molar-refractivity contribution in [2.24, 2.45) is 0 Å². The van der Waals surface area contributed by atoms with Gasteiger partial charge in [0.15, 0.2) is 6.61 Å². The summed E-state index contributed by atoms with van der Waals surface area (Å²) in [5.41, 5.74) is 1.09. The van der Waals surface area contributed by atoms with Crippen LogP contribution in [0.5, 0.6) is 5.75 Å². The minimum absolute atomic E-state index is 0.0868. The number of esters is 1. The number of carbonyl (C=O) groups excluding carboxylic acids is 1. The summed E-state index contributed by atoms with van der Waals surface area (Å²) in [6, 6.07) is 7.57. The van der Waals surface area contributed by atoms with Crippen molar-refractivity contribution in [3.8, 4) is 5.75 Å². The summed E-state index contributed by atoms with van der Waals surface area (Å²) in [7, 11) is 1.33. The minimum Gasteiger partial charge on any atom is -0.482 e. The largest absolute Gasteiger partial charge is 0.482 e. The SMILES string of the molecule is CCC(CO)NCc1ccc(OCC(=O)OC)cc1. The number of methoxy groups -OCH3 is 1. The molecule has 0 saturated carbocycles. The van der Waals surface area contributed by atoms with Crippen LogP contribution < -0.4 is 10.1 Å². The smallest absolute Gasteiger partial charge is 0.343 e. The molecule has 5 nitrogen and oxygen atoms in total. The Labute approximate surface area is 113 Å². The predicted octanol–water partition coefficient (Wildman–Crippen LogP) is 1.10. The molecule has 1 rings (SSSR count). The average Bonchev–Trinajstić information content (AvgIpc) is 2.47. The third-order valence-corrected chi connectivity index (χ3v) is 2.82. The van der Waals surface area contributed by atoms with E-state index in [-0.39, 0.29) is 19.3 Å². The van der Waals surface area contributed by atoms with Crippen molar-refractivity contribution in [3.63, 3.8) is 0 Å². The molecule has 0 saturated heterocycles. The number of hydrogen-bond donors (Lipinski definition) is 2. The number of nitrogens with one attached hydrogen (secondary N) is 1. The summed E-state index contributed by atoms with van der Waals surface area (Å²) in [6.45, 7) is 2.77. The van der Waals surface area contributed by atoms with E-state index in [0.717, 1.165) is 12.0 Å². The molecule has 0 aromatic heterocycles. The number of hydrogen-bond acceptors (Lipinski definition) is 5. The maximum absolute atomic E-state index is 10.9. The molecule has 1 atom stereocenters. The number of aliphatic hydroxyl groups is 1. The van der Waals surface area contributed by atoms with Crippen molar-refractivity contribution in [1.82, 2.24) is 5.32 Å². The molecule has 1 aromatic rings. The first kappa shape index (κ1) is 15.5. The zero-order valence-electron chi connectivity index (χ0n) is 11.4. The molecule has 1 aromatic carbocycles. The Balaban J connectivity index is 2.41. The van der Waals surface area contributed by atoms with Gasteiger partial charge in [-0.15, -0.1) is 0 Å². The monoisotopic (exact) mass is 267 g/mol. The van der Waals surface area contributed by atoms with Crippen LogP contribution in [0.15, 0.2) is 24.3 Å².